The molecule has 4 aromatic rings. The van der Waals surface area contributed by atoms with Gasteiger partial charge in [-0.3, -0.25) is 14.4 Å². The first-order valence-corrected chi connectivity index (χ1v) is 16.8. The third-order valence-electron chi connectivity index (χ3n) is 8.86. The van der Waals surface area contributed by atoms with Gasteiger partial charge < -0.3 is 19.5 Å². The fraction of sp³-hybridized carbons (Fsp3) is 0.364. The number of carbonyl (C=O) groups excluding carboxylic acids is 1. The van der Waals surface area contributed by atoms with E-state index in [2.05, 4.69) is 37.6 Å². The number of nitrogens with one attached hydrogen (secondary N) is 2. The third-order valence-corrected chi connectivity index (χ3v) is 10.7. The van der Waals surface area contributed by atoms with Gasteiger partial charge in [0.25, 0.3) is 5.91 Å². The minimum absolute atomic E-state index is 0.0184. The molecule has 2 aromatic carbocycles. The number of anilines is 1. The van der Waals surface area contributed by atoms with Crippen LogP contribution in [0.25, 0.3) is 33.3 Å². The fourth-order valence-electron chi connectivity index (χ4n) is 6.02. The molecule has 4 heterocycles. The van der Waals surface area contributed by atoms with Crippen LogP contribution >= 0.6 is 0 Å². The van der Waals surface area contributed by atoms with Crippen LogP contribution in [-0.2, 0) is 10.0 Å². The lowest BCUT2D eigenvalue weighted by molar-refractivity contribution is 0.0713. The van der Waals surface area contributed by atoms with Crippen molar-refractivity contribution in [3.63, 3.8) is 0 Å². The van der Waals surface area contributed by atoms with E-state index < -0.39 is 10.0 Å². The van der Waals surface area contributed by atoms with Crippen molar-refractivity contribution < 1.29 is 17.9 Å². The zero-order chi connectivity index (χ0) is 31.1. The van der Waals surface area contributed by atoms with E-state index in [4.69, 9.17) is 4.74 Å². The average molecular weight is 626 g/mol. The topological polar surface area (TPSA) is 135 Å². The van der Waals surface area contributed by atoms with E-state index in [1.165, 1.54) is 0 Å². The summed E-state index contributed by atoms with van der Waals surface area (Å²) in [6.07, 6.45) is 4.88. The minimum atomic E-state index is -3.49. The number of pyridine rings is 1. The summed E-state index contributed by atoms with van der Waals surface area (Å²) in [7, 11) is -1.35. The number of piperazine rings is 1. The summed E-state index contributed by atoms with van der Waals surface area (Å²) in [6, 6.07) is 14.8. The molecule has 2 fully saturated rings. The Labute approximate surface area is 262 Å². The number of fused-ring (bicyclic) bond motifs is 2. The molecule has 1 saturated carbocycles. The molecule has 45 heavy (non-hydrogen) atoms. The quantitative estimate of drug-likeness (QED) is 0.302. The fourth-order valence-corrected chi connectivity index (χ4v) is 7.38. The van der Waals surface area contributed by atoms with Crippen LogP contribution in [0.15, 0.2) is 54.9 Å². The number of benzene rings is 2. The highest BCUT2D eigenvalue weighted by molar-refractivity contribution is 7.93. The largest absolute Gasteiger partial charge is 0.491 e. The number of nitrogens with zero attached hydrogens (tertiary/aromatic N) is 5. The second kappa shape index (κ2) is 11.8. The molecule has 1 amide bonds. The number of sulfonamides is 1. The zero-order valence-electron chi connectivity index (χ0n) is 25.1. The molecule has 0 unspecified atom stereocenters. The van der Waals surface area contributed by atoms with Crippen molar-refractivity contribution in [3.8, 4) is 34.1 Å². The van der Waals surface area contributed by atoms with Crippen LogP contribution in [0.3, 0.4) is 0 Å². The van der Waals surface area contributed by atoms with Gasteiger partial charge in [0.05, 0.1) is 34.7 Å². The van der Waals surface area contributed by atoms with E-state index >= 15 is 0 Å². The summed E-state index contributed by atoms with van der Waals surface area (Å²) in [5, 5.41) is 10.1. The molecule has 0 radical (unpaired) electrons. The molecule has 11 nitrogen and oxygen atoms in total. The number of likely N-dealkylation sites (N-methyl/N-ethyl adjacent to an activating group) is 1. The lowest BCUT2D eigenvalue weighted by Crippen LogP contribution is -2.47. The van der Waals surface area contributed by atoms with Gasteiger partial charge in [0, 0.05) is 68.2 Å². The number of H-pyrrole nitrogens is 1. The van der Waals surface area contributed by atoms with Gasteiger partial charge in [-0.1, -0.05) is 6.07 Å². The summed E-state index contributed by atoms with van der Waals surface area (Å²) < 4.78 is 33.9. The van der Waals surface area contributed by atoms with Gasteiger partial charge in [-0.15, -0.1) is 0 Å². The Bertz CT molecular complexity index is 1920. The first-order valence-electron chi connectivity index (χ1n) is 15.3. The molecular formula is C33H35N7O4S. The Kier molecular flexibility index (Phi) is 7.69. The smallest absolute Gasteiger partial charge is 0.257 e. The molecule has 2 aromatic heterocycles. The molecular weight excluding hydrogens is 590 g/mol. The second-order valence-electron chi connectivity index (χ2n) is 12.1. The highest BCUT2D eigenvalue weighted by Gasteiger charge is 2.36. The number of amides is 1. The molecule has 2 N–H and O–H groups in total. The van der Waals surface area contributed by atoms with Crippen molar-refractivity contribution in [2.24, 2.45) is 0 Å². The van der Waals surface area contributed by atoms with Crippen molar-refractivity contribution in [3.05, 3.63) is 66.0 Å². The standard InChI is InChI=1S/C33H35N7O4S/c1-38-6-8-39(9-7-38)10-11-40-12-13-44-31-18-23(2-5-28(31)33(40)41)25-17-29-30(21-36-32(29)35-20-25)24-14-22(19-34)15-26(16-24)37-45(42,43)27-3-4-27/h2,5,14-18,20-21,27,37H,3-4,6-13H2,1H3,(H,35,36). The highest BCUT2D eigenvalue weighted by atomic mass is 32.2. The Morgan fingerprint density at radius 2 is 1.82 bits per heavy atom. The van der Waals surface area contributed by atoms with Gasteiger partial charge in [-0.2, -0.15) is 5.26 Å². The summed E-state index contributed by atoms with van der Waals surface area (Å²) in [5.74, 6) is 0.540. The summed E-state index contributed by atoms with van der Waals surface area (Å²) in [4.78, 5) is 27.9. The number of rotatable bonds is 8. The van der Waals surface area contributed by atoms with E-state index in [-0.39, 0.29) is 11.2 Å². The number of aromatic nitrogens is 2. The predicted molar refractivity (Wildman–Crippen MR) is 173 cm³/mol. The van der Waals surface area contributed by atoms with Crippen molar-refractivity contribution in [2.45, 2.75) is 18.1 Å². The average Bonchev–Trinajstić information content (AvgIpc) is 3.85. The first kappa shape index (κ1) is 29.3. The van der Waals surface area contributed by atoms with Crippen LogP contribution in [0, 0.1) is 11.3 Å². The third kappa shape index (κ3) is 6.11. The van der Waals surface area contributed by atoms with Gasteiger partial charge in [0.2, 0.25) is 10.0 Å². The van der Waals surface area contributed by atoms with Crippen molar-refractivity contribution in [1.29, 1.82) is 5.26 Å². The number of hydrogen-bond donors (Lipinski definition) is 2. The lowest BCUT2D eigenvalue weighted by atomic mass is 9.99. The van der Waals surface area contributed by atoms with Crippen LogP contribution < -0.4 is 9.46 Å². The lowest BCUT2D eigenvalue weighted by Gasteiger charge is -2.33. The van der Waals surface area contributed by atoms with E-state index in [0.717, 1.165) is 54.8 Å². The molecule has 0 spiro atoms. The first-order chi connectivity index (χ1) is 21.8. The molecule has 1 saturated heterocycles. The van der Waals surface area contributed by atoms with Crippen LogP contribution in [0.1, 0.15) is 28.8 Å². The van der Waals surface area contributed by atoms with Crippen LogP contribution in [-0.4, -0.2) is 104 Å². The monoisotopic (exact) mass is 625 g/mol. The van der Waals surface area contributed by atoms with Crippen LogP contribution in [0.4, 0.5) is 5.69 Å². The molecule has 12 heteroatoms. The number of ether oxygens (including phenoxy) is 1. The van der Waals surface area contributed by atoms with E-state index in [0.29, 0.717) is 66.3 Å². The Balaban J connectivity index is 1.14. The molecule has 3 aliphatic rings. The Hall–Kier alpha value is -4.44. The van der Waals surface area contributed by atoms with Crippen molar-refractivity contribution in [1.82, 2.24) is 24.7 Å². The predicted octanol–water partition coefficient (Wildman–Crippen LogP) is 3.75. The molecule has 7 rings (SSSR count). The normalized spacial score (nSPS) is 17.9. The van der Waals surface area contributed by atoms with E-state index in [1.807, 2.05) is 35.4 Å². The molecule has 2 aliphatic heterocycles. The number of hydrogen-bond acceptors (Lipinski definition) is 8. The maximum absolute atomic E-state index is 13.5. The van der Waals surface area contributed by atoms with Gasteiger partial charge in [0.15, 0.2) is 0 Å². The number of nitriles is 1. The molecule has 232 valence electrons. The summed E-state index contributed by atoms with van der Waals surface area (Å²) in [5.41, 5.74) is 5.11. The van der Waals surface area contributed by atoms with E-state index in [1.54, 1.807) is 24.4 Å². The van der Waals surface area contributed by atoms with Crippen LogP contribution in [0.2, 0.25) is 0 Å². The van der Waals surface area contributed by atoms with Gasteiger partial charge in [-0.05, 0) is 67.4 Å². The van der Waals surface area contributed by atoms with Gasteiger partial charge >= 0.3 is 0 Å². The SMILES string of the molecule is CN1CCN(CCN2CCOc3cc(-c4cnc5[nH]cc(-c6cc(C#N)cc(NS(=O)(=O)C7CC7)c6)c5c4)ccc3C2=O)CC1. The zero-order valence-corrected chi connectivity index (χ0v) is 25.9. The number of aromatic amines is 1. The Morgan fingerprint density at radius 1 is 1.00 bits per heavy atom. The van der Waals surface area contributed by atoms with E-state index in [9.17, 15) is 18.5 Å². The highest BCUT2D eigenvalue weighted by Crippen LogP contribution is 2.36. The summed E-state index contributed by atoms with van der Waals surface area (Å²) >= 11 is 0. The van der Waals surface area contributed by atoms with Crippen molar-refractivity contribution >= 4 is 32.7 Å². The maximum Gasteiger partial charge on any atom is 0.257 e. The number of carbonyl (C=O) groups is 1. The Morgan fingerprint density at radius 3 is 2.60 bits per heavy atom. The second-order valence-corrected chi connectivity index (χ2v) is 14.0. The van der Waals surface area contributed by atoms with Gasteiger partial charge in [0.1, 0.15) is 18.0 Å². The maximum atomic E-state index is 13.5. The molecule has 0 atom stereocenters. The van der Waals surface area contributed by atoms with Gasteiger partial charge in [-0.25, -0.2) is 13.4 Å². The van der Waals surface area contributed by atoms with Crippen LogP contribution in [0.5, 0.6) is 5.75 Å². The molecule has 0 bridgehead atoms. The molecule has 1 aliphatic carbocycles. The minimum Gasteiger partial charge on any atom is -0.491 e. The van der Waals surface area contributed by atoms with Crippen molar-refractivity contribution in [2.75, 3.05) is 64.2 Å². The summed E-state index contributed by atoms with van der Waals surface area (Å²) in [6.45, 7) is 6.60.